The van der Waals surface area contributed by atoms with Gasteiger partial charge < -0.3 is 14.2 Å². The van der Waals surface area contributed by atoms with Crippen LogP contribution in [0.4, 0.5) is 0 Å². The summed E-state index contributed by atoms with van der Waals surface area (Å²) >= 11 is 1.33. The standard InChI is InChI=1S/C24H26N6O2S/c1-4-17-7-5-6-8-20(17)29-15(2)13-18(16(29)3)14-19-21(25)30-23(26-22(19)31)33-24(27-30)28-9-11-32-12-10-28/h5-8,13-14,25H,4,9-12H2,1-3H3/b19-14+,25-21?. The van der Waals surface area contributed by atoms with Crippen molar-refractivity contribution in [2.24, 2.45) is 10.1 Å². The van der Waals surface area contributed by atoms with Gasteiger partial charge in [0.25, 0.3) is 5.91 Å². The molecule has 0 saturated carbocycles. The molecule has 0 atom stereocenters. The Bertz CT molecular complexity index is 1240. The van der Waals surface area contributed by atoms with Gasteiger partial charge in [-0.2, -0.15) is 10.0 Å². The Morgan fingerprint density at radius 2 is 1.94 bits per heavy atom. The first-order valence-electron chi connectivity index (χ1n) is 11.1. The maximum atomic E-state index is 12.9. The summed E-state index contributed by atoms with van der Waals surface area (Å²) < 4.78 is 7.62. The van der Waals surface area contributed by atoms with Crippen LogP contribution in [-0.2, 0) is 16.0 Å². The summed E-state index contributed by atoms with van der Waals surface area (Å²) in [7, 11) is 0. The topological polar surface area (TPSA) is 86.3 Å². The number of hydrazone groups is 1. The summed E-state index contributed by atoms with van der Waals surface area (Å²) in [6.45, 7) is 9.01. The highest BCUT2D eigenvalue weighted by Gasteiger charge is 2.37. The van der Waals surface area contributed by atoms with E-state index in [9.17, 15) is 4.79 Å². The van der Waals surface area contributed by atoms with Gasteiger partial charge in [0.2, 0.25) is 5.17 Å². The molecule has 0 bridgehead atoms. The third-order valence-corrected chi connectivity index (χ3v) is 7.08. The Morgan fingerprint density at radius 3 is 2.70 bits per heavy atom. The number of thioether (sulfide) groups is 1. The Kier molecular flexibility index (Phi) is 5.67. The molecule has 1 saturated heterocycles. The minimum atomic E-state index is -0.407. The van der Waals surface area contributed by atoms with Crippen LogP contribution in [0.15, 0.2) is 46.0 Å². The minimum absolute atomic E-state index is 0.0551. The van der Waals surface area contributed by atoms with Crippen LogP contribution in [0.25, 0.3) is 11.8 Å². The quantitative estimate of drug-likeness (QED) is 0.705. The molecule has 1 aromatic carbocycles. The lowest BCUT2D eigenvalue weighted by atomic mass is 10.1. The van der Waals surface area contributed by atoms with Gasteiger partial charge in [-0.3, -0.25) is 10.2 Å². The second-order valence-electron chi connectivity index (χ2n) is 8.15. The van der Waals surface area contributed by atoms with E-state index >= 15 is 0 Å². The molecular weight excluding hydrogens is 436 g/mol. The van der Waals surface area contributed by atoms with E-state index in [0.29, 0.717) is 18.4 Å². The van der Waals surface area contributed by atoms with Crippen LogP contribution < -0.4 is 0 Å². The fourth-order valence-corrected chi connectivity index (χ4v) is 5.30. The molecule has 0 unspecified atom stereocenters. The fourth-order valence-electron chi connectivity index (χ4n) is 4.35. The number of para-hydroxylation sites is 1. The summed E-state index contributed by atoms with van der Waals surface area (Å²) in [6, 6.07) is 10.4. The summed E-state index contributed by atoms with van der Waals surface area (Å²) in [6.07, 6.45) is 2.70. The van der Waals surface area contributed by atoms with Gasteiger partial charge in [-0.25, -0.2) is 0 Å². The van der Waals surface area contributed by atoms with Gasteiger partial charge in [0, 0.05) is 30.2 Å². The van der Waals surface area contributed by atoms with Crippen LogP contribution in [0.1, 0.15) is 29.4 Å². The average molecular weight is 463 g/mol. The summed E-state index contributed by atoms with van der Waals surface area (Å²) in [5, 5.41) is 15.9. The van der Waals surface area contributed by atoms with Crippen molar-refractivity contribution in [1.82, 2.24) is 14.5 Å². The zero-order valence-electron chi connectivity index (χ0n) is 19.0. The van der Waals surface area contributed by atoms with Crippen molar-refractivity contribution in [3.05, 3.63) is 58.4 Å². The molecule has 4 heterocycles. The zero-order chi connectivity index (χ0) is 23.1. The van der Waals surface area contributed by atoms with Gasteiger partial charge in [0.05, 0.1) is 18.8 Å². The molecular formula is C24H26N6O2S. The fraction of sp³-hybridized carbons (Fsp3) is 0.333. The van der Waals surface area contributed by atoms with Crippen LogP contribution in [0.2, 0.25) is 0 Å². The lowest BCUT2D eigenvalue weighted by Gasteiger charge is -2.26. The molecule has 33 heavy (non-hydrogen) atoms. The molecule has 0 aliphatic carbocycles. The predicted molar refractivity (Wildman–Crippen MR) is 132 cm³/mol. The number of ether oxygens (including phenoxy) is 1. The first kappa shape index (κ1) is 21.7. The number of amidine groups is 3. The number of aromatic nitrogens is 1. The van der Waals surface area contributed by atoms with Crippen LogP contribution in [-0.4, -0.2) is 62.9 Å². The number of nitrogens with zero attached hydrogens (tertiary/aromatic N) is 5. The van der Waals surface area contributed by atoms with Crippen molar-refractivity contribution in [3.63, 3.8) is 0 Å². The van der Waals surface area contributed by atoms with Crippen LogP contribution >= 0.6 is 11.8 Å². The molecule has 8 nitrogen and oxygen atoms in total. The normalized spacial score (nSPS) is 19.8. The Morgan fingerprint density at radius 1 is 1.18 bits per heavy atom. The first-order chi connectivity index (χ1) is 16.0. The van der Waals surface area contributed by atoms with Crippen molar-refractivity contribution >= 4 is 39.9 Å². The van der Waals surface area contributed by atoms with E-state index < -0.39 is 5.91 Å². The van der Waals surface area contributed by atoms with Gasteiger partial charge in [0.1, 0.15) is 0 Å². The van der Waals surface area contributed by atoms with Crippen LogP contribution in [0, 0.1) is 19.3 Å². The number of carbonyl (C=O) groups is 1. The molecule has 1 N–H and O–H groups in total. The molecule has 1 amide bonds. The molecule has 1 fully saturated rings. The molecule has 0 spiro atoms. The van der Waals surface area contributed by atoms with Gasteiger partial charge in [-0.15, -0.1) is 5.10 Å². The van der Waals surface area contributed by atoms with E-state index in [-0.39, 0.29) is 11.4 Å². The Labute approximate surface area is 197 Å². The van der Waals surface area contributed by atoms with Crippen molar-refractivity contribution in [3.8, 4) is 5.69 Å². The minimum Gasteiger partial charge on any atom is -0.378 e. The summed E-state index contributed by atoms with van der Waals surface area (Å²) in [5.74, 6) is -0.351. The third kappa shape index (κ3) is 3.81. The first-order valence-corrected chi connectivity index (χ1v) is 11.9. The van der Waals surface area contributed by atoms with Crippen LogP contribution in [0.5, 0.6) is 0 Å². The van der Waals surface area contributed by atoms with Gasteiger partial charge in [-0.1, -0.05) is 25.1 Å². The van der Waals surface area contributed by atoms with E-state index in [4.69, 9.17) is 10.1 Å². The maximum Gasteiger partial charge on any atom is 0.283 e. The average Bonchev–Trinajstić information content (AvgIpc) is 3.37. The Hall–Kier alpha value is -3.17. The monoisotopic (exact) mass is 462 g/mol. The SMILES string of the molecule is CCc1ccccc1-n1c(C)cc(/C=C2\C(=N)N3N=C(N4CCOCC4)SC3=NC2=O)c1C. The molecule has 0 radical (unpaired) electrons. The van der Waals surface area contributed by atoms with Crippen molar-refractivity contribution in [2.75, 3.05) is 26.3 Å². The van der Waals surface area contributed by atoms with Crippen molar-refractivity contribution in [1.29, 1.82) is 5.41 Å². The third-order valence-electron chi connectivity index (χ3n) is 6.11. The number of benzene rings is 1. The van der Waals surface area contributed by atoms with E-state index in [1.165, 1.54) is 22.3 Å². The number of carbonyl (C=O) groups excluding carboxylic acids is 1. The number of morpholine rings is 1. The lowest BCUT2D eigenvalue weighted by Crippen LogP contribution is -2.39. The van der Waals surface area contributed by atoms with Gasteiger partial charge >= 0.3 is 0 Å². The highest BCUT2D eigenvalue weighted by atomic mass is 32.2. The highest BCUT2D eigenvalue weighted by molar-refractivity contribution is 8.26. The van der Waals surface area contributed by atoms with E-state index in [0.717, 1.165) is 47.3 Å². The van der Waals surface area contributed by atoms with Gasteiger partial charge in [-0.05, 0) is 61.4 Å². The molecule has 170 valence electrons. The van der Waals surface area contributed by atoms with Crippen LogP contribution in [0.3, 0.4) is 0 Å². The summed E-state index contributed by atoms with van der Waals surface area (Å²) in [5.41, 5.74) is 5.63. The number of rotatable bonds is 3. The van der Waals surface area contributed by atoms with Gasteiger partial charge in [0.15, 0.2) is 11.0 Å². The largest absolute Gasteiger partial charge is 0.378 e. The zero-order valence-corrected chi connectivity index (χ0v) is 19.8. The van der Waals surface area contributed by atoms with Crippen molar-refractivity contribution in [2.45, 2.75) is 27.2 Å². The van der Waals surface area contributed by atoms with Crippen molar-refractivity contribution < 1.29 is 9.53 Å². The number of fused-ring (bicyclic) bond motifs is 1. The highest BCUT2D eigenvalue weighted by Crippen LogP contribution is 2.31. The Balaban J connectivity index is 1.49. The second kappa shape index (κ2) is 8.64. The maximum absolute atomic E-state index is 12.9. The smallest absolute Gasteiger partial charge is 0.283 e. The number of hydrogen-bond acceptors (Lipinski definition) is 6. The van der Waals surface area contributed by atoms with E-state index in [1.807, 2.05) is 13.0 Å². The number of aliphatic imine (C=N–C) groups is 1. The second-order valence-corrected chi connectivity index (χ2v) is 9.08. The predicted octanol–water partition coefficient (Wildman–Crippen LogP) is 3.57. The molecule has 3 aliphatic rings. The van der Waals surface area contributed by atoms with E-state index in [2.05, 4.69) is 57.7 Å². The number of aryl methyl sites for hydroxylation is 2. The summed E-state index contributed by atoms with van der Waals surface area (Å²) in [4.78, 5) is 19.2. The molecule has 5 rings (SSSR count). The molecule has 9 heteroatoms. The number of nitrogens with one attached hydrogen (secondary N) is 1. The number of amides is 1. The van der Waals surface area contributed by atoms with E-state index in [1.54, 1.807) is 6.08 Å². The molecule has 3 aliphatic heterocycles. The number of hydrogen-bond donors (Lipinski definition) is 1. The molecule has 2 aromatic rings. The molecule has 1 aromatic heterocycles. The lowest BCUT2D eigenvalue weighted by molar-refractivity contribution is -0.114.